The second-order valence-electron chi connectivity index (χ2n) is 6.03. The molecular formula is C20H15N3O3S. The average Bonchev–Trinajstić information content (AvgIpc) is 2.71. The predicted molar refractivity (Wildman–Crippen MR) is 101 cm³/mol. The van der Waals surface area contributed by atoms with Gasteiger partial charge in [-0.1, -0.05) is 47.7 Å². The van der Waals surface area contributed by atoms with Crippen LogP contribution in [0.15, 0.2) is 93.4 Å². The van der Waals surface area contributed by atoms with Gasteiger partial charge in [-0.3, -0.25) is 4.79 Å². The van der Waals surface area contributed by atoms with E-state index in [9.17, 15) is 13.2 Å². The van der Waals surface area contributed by atoms with Crippen molar-refractivity contribution in [2.24, 2.45) is 0 Å². The molecule has 0 saturated heterocycles. The van der Waals surface area contributed by atoms with Crippen LogP contribution < -0.4 is 5.56 Å². The van der Waals surface area contributed by atoms with Gasteiger partial charge in [-0.15, -0.1) is 5.10 Å². The van der Waals surface area contributed by atoms with Crippen molar-refractivity contribution in [1.82, 2.24) is 15.0 Å². The third kappa shape index (κ3) is 3.24. The minimum absolute atomic E-state index is 0.203. The molecule has 1 aromatic heterocycles. The zero-order valence-corrected chi connectivity index (χ0v) is 15.0. The van der Waals surface area contributed by atoms with Crippen molar-refractivity contribution in [3.8, 4) is 0 Å². The third-order valence-electron chi connectivity index (χ3n) is 4.25. The standard InChI is InChI=1S/C20H15N3O3S/c24-20-18-8-4-5-9-19(18)21-22-23(20)14-15-10-12-17(13-11-15)27(25,26)16-6-2-1-3-7-16/h1-13H,14H2. The van der Waals surface area contributed by atoms with Crippen molar-refractivity contribution >= 4 is 20.7 Å². The topological polar surface area (TPSA) is 81.9 Å². The van der Waals surface area contributed by atoms with E-state index in [0.717, 1.165) is 5.56 Å². The Morgan fingerprint density at radius 2 is 1.41 bits per heavy atom. The van der Waals surface area contributed by atoms with E-state index in [0.29, 0.717) is 10.9 Å². The lowest BCUT2D eigenvalue weighted by atomic mass is 10.2. The fraction of sp³-hybridized carbons (Fsp3) is 0.0500. The maximum Gasteiger partial charge on any atom is 0.277 e. The molecule has 4 aromatic rings. The predicted octanol–water partition coefficient (Wildman–Crippen LogP) is 2.67. The van der Waals surface area contributed by atoms with E-state index in [-0.39, 0.29) is 21.9 Å². The molecule has 0 radical (unpaired) electrons. The van der Waals surface area contributed by atoms with Gasteiger partial charge in [-0.25, -0.2) is 13.1 Å². The Bertz CT molecular complexity index is 1270. The van der Waals surface area contributed by atoms with Crippen LogP contribution in [0, 0.1) is 0 Å². The van der Waals surface area contributed by atoms with Crippen LogP contribution in [0.5, 0.6) is 0 Å². The largest absolute Gasteiger partial charge is 0.277 e. The summed E-state index contributed by atoms with van der Waals surface area (Å²) in [6, 6.07) is 21.7. The van der Waals surface area contributed by atoms with E-state index in [4.69, 9.17) is 0 Å². The molecule has 3 aromatic carbocycles. The Hall–Kier alpha value is -3.32. The number of hydrogen-bond acceptors (Lipinski definition) is 5. The van der Waals surface area contributed by atoms with Gasteiger partial charge in [0.15, 0.2) is 0 Å². The molecule has 0 aliphatic heterocycles. The quantitative estimate of drug-likeness (QED) is 0.546. The minimum atomic E-state index is -3.56. The molecule has 0 bridgehead atoms. The van der Waals surface area contributed by atoms with Gasteiger partial charge in [0.25, 0.3) is 5.56 Å². The summed E-state index contributed by atoms with van der Waals surface area (Å²) in [4.78, 5) is 13.0. The van der Waals surface area contributed by atoms with E-state index in [2.05, 4.69) is 10.3 Å². The summed E-state index contributed by atoms with van der Waals surface area (Å²) < 4.78 is 26.5. The molecule has 134 valence electrons. The van der Waals surface area contributed by atoms with Crippen molar-refractivity contribution in [2.75, 3.05) is 0 Å². The minimum Gasteiger partial charge on any atom is -0.267 e. The lowest BCUT2D eigenvalue weighted by Gasteiger charge is -2.07. The van der Waals surface area contributed by atoms with Crippen molar-refractivity contribution in [3.05, 3.63) is 94.8 Å². The van der Waals surface area contributed by atoms with Crippen LogP contribution >= 0.6 is 0 Å². The van der Waals surface area contributed by atoms with Gasteiger partial charge < -0.3 is 0 Å². The maximum atomic E-state index is 12.6. The molecule has 0 aliphatic carbocycles. The van der Waals surface area contributed by atoms with E-state index in [1.807, 2.05) is 0 Å². The van der Waals surface area contributed by atoms with Gasteiger partial charge in [0.2, 0.25) is 9.84 Å². The van der Waals surface area contributed by atoms with Crippen molar-refractivity contribution in [1.29, 1.82) is 0 Å². The Labute approximate surface area is 155 Å². The van der Waals surface area contributed by atoms with Crippen LogP contribution in [0.4, 0.5) is 0 Å². The summed E-state index contributed by atoms with van der Waals surface area (Å²) in [5, 5.41) is 8.50. The summed E-state index contributed by atoms with van der Waals surface area (Å²) in [5.41, 5.74) is 1.07. The van der Waals surface area contributed by atoms with Crippen LogP contribution in [0.2, 0.25) is 0 Å². The molecule has 6 nitrogen and oxygen atoms in total. The van der Waals surface area contributed by atoms with Crippen LogP contribution in [-0.2, 0) is 16.4 Å². The first kappa shape index (κ1) is 17.1. The monoisotopic (exact) mass is 377 g/mol. The van der Waals surface area contributed by atoms with Crippen LogP contribution in [-0.4, -0.2) is 23.4 Å². The normalized spacial score (nSPS) is 11.6. The Morgan fingerprint density at radius 3 is 2.15 bits per heavy atom. The van der Waals surface area contributed by atoms with E-state index in [1.165, 1.54) is 16.8 Å². The molecule has 0 fully saturated rings. The van der Waals surface area contributed by atoms with Gasteiger partial charge in [0, 0.05) is 0 Å². The molecule has 1 heterocycles. The molecule has 0 spiro atoms. The van der Waals surface area contributed by atoms with Gasteiger partial charge in [-0.05, 0) is 42.0 Å². The van der Waals surface area contributed by atoms with E-state index in [1.54, 1.807) is 66.7 Å². The lowest BCUT2D eigenvalue weighted by molar-refractivity contribution is 0.594. The van der Waals surface area contributed by atoms with E-state index < -0.39 is 9.84 Å². The molecule has 7 heteroatoms. The maximum absolute atomic E-state index is 12.6. The number of sulfone groups is 1. The third-order valence-corrected chi connectivity index (χ3v) is 6.03. The van der Waals surface area contributed by atoms with Crippen LogP contribution in [0.3, 0.4) is 0 Å². The van der Waals surface area contributed by atoms with Gasteiger partial charge in [-0.2, -0.15) is 0 Å². The van der Waals surface area contributed by atoms with Crippen molar-refractivity contribution < 1.29 is 8.42 Å². The zero-order valence-electron chi connectivity index (χ0n) is 14.2. The molecule has 0 amide bonds. The number of benzene rings is 3. The molecule has 27 heavy (non-hydrogen) atoms. The number of rotatable bonds is 4. The second-order valence-corrected chi connectivity index (χ2v) is 7.98. The first-order valence-electron chi connectivity index (χ1n) is 8.27. The van der Waals surface area contributed by atoms with Crippen molar-refractivity contribution in [2.45, 2.75) is 16.3 Å². The molecule has 0 aliphatic rings. The molecule has 0 N–H and O–H groups in total. The first-order valence-corrected chi connectivity index (χ1v) is 9.76. The Morgan fingerprint density at radius 1 is 0.778 bits per heavy atom. The van der Waals surface area contributed by atoms with Gasteiger partial charge in [0.05, 0.1) is 21.7 Å². The second kappa shape index (κ2) is 6.77. The first-order chi connectivity index (χ1) is 13.1. The number of nitrogens with zero attached hydrogens (tertiary/aromatic N) is 3. The zero-order chi connectivity index (χ0) is 18.9. The molecule has 4 rings (SSSR count). The fourth-order valence-electron chi connectivity index (χ4n) is 2.81. The Balaban J connectivity index is 1.64. The van der Waals surface area contributed by atoms with Gasteiger partial charge >= 0.3 is 0 Å². The van der Waals surface area contributed by atoms with Crippen LogP contribution in [0.25, 0.3) is 10.9 Å². The summed E-state index contributed by atoms with van der Waals surface area (Å²) in [5.74, 6) is 0. The fourth-order valence-corrected chi connectivity index (χ4v) is 4.09. The summed E-state index contributed by atoms with van der Waals surface area (Å²) in [7, 11) is -3.56. The SMILES string of the molecule is O=c1c2ccccc2nnn1Cc1ccc(S(=O)(=O)c2ccccc2)cc1. The average molecular weight is 377 g/mol. The highest BCUT2D eigenvalue weighted by atomic mass is 32.2. The highest BCUT2D eigenvalue weighted by Gasteiger charge is 2.17. The number of hydrogen-bond donors (Lipinski definition) is 0. The summed E-state index contributed by atoms with van der Waals surface area (Å²) in [6.07, 6.45) is 0. The smallest absolute Gasteiger partial charge is 0.267 e. The number of fused-ring (bicyclic) bond motifs is 1. The molecule has 0 unspecified atom stereocenters. The van der Waals surface area contributed by atoms with Gasteiger partial charge in [0.1, 0.15) is 5.52 Å². The summed E-state index contributed by atoms with van der Waals surface area (Å²) in [6.45, 7) is 0.211. The van der Waals surface area contributed by atoms with Crippen LogP contribution in [0.1, 0.15) is 5.56 Å². The molecule has 0 atom stereocenters. The highest BCUT2D eigenvalue weighted by Crippen LogP contribution is 2.20. The molecule has 0 saturated carbocycles. The Kier molecular flexibility index (Phi) is 4.29. The number of aromatic nitrogens is 3. The lowest BCUT2D eigenvalue weighted by Crippen LogP contribution is -2.24. The molecular weight excluding hydrogens is 362 g/mol. The highest BCUT2D eigenvalue weighted by molar-refractivity contribution is 7.91. The van der Waals surface area contributed by atoms with Crippen molar-refractivity contribution in [3.63, 3.8) is 0 Å². The summed E-state index contributed by atoms with van der Waals surface area (Å²) >= 11 is 0. The van der Waals surface area contributed by atoms with E-state index >= 15 is 0 Å².